The van der Waals surface area contributed by atoms with Crippen LogP contribution in [0, 0.1) is 0 Å². The van der Waals surface area contributed by atoms with E-state index in [0.29, 0.717) is 40.8 Å². The van der Waals surface area contributed by atoms with Gasteiger partial charge in [-0.25, -0.2) is 4.98 Å². The van der Waals surface area contributed by atoms with Crippen LogP contribution in [0.4, 0.5) is 5.13 Å². The molecule has 1 amide bonds. The highest BCUT2D eigenvalue weighted by atomic mass is 32.1. The minimum absolute atomic E-state index is 0.0735. The molecule has 3 aromatic carbocycles. The molecule has 0 aliphatic rings. The van der Waals surface area contributed by atoms with Gasteiger partial charge in [-0.2, -0.15) is 0 Å². The minimum atomic E-state index is -0.0735. The number of ether oxygens (including phenoxy) is 2. The van der Waals surface area contributed by atoms with E-state index in [1.54, 1.807) is 19.1 Å². The molecule has 0 saturated heterocycles. The third kappa shape index (κ3) is 4.06. The van der Waals surface area contributed by atoms with Crippen molar-refractivity contribution in [3.8, 4) is 11.5 Å². The summed E-state index contributed by atoms with van der Waals surface area (Å²) >= 11 is 1.44. The van der Waals surface area contributed by atoms with Crippen molar-refractivity contribution < 1.29 is 14.3 Å². The number of fused-ring (bicyclic) bond motifs is 2. The molecule has 1 heterocycles. The third-order valence-electron chi connectivity index (χ3n) is 5.17. The second kappa shape index (κ2) is 8.91. The quantitative estimate of drug-likeness (QED) is 0.422. The van der Waals surface area contributed by atoms with Crippen LogP contribution in [0.15, 0.2) is 54.6 Å². The number of rotatable bonds is 7. The summed E-state index contributed by atoms with van der Waals surface area (Å²) < 4.78 is 11.9. The number of likely N-dealkylation sites (N-methyl/N-ethyl adjacent to an activating group) is 1. The molecule has 1 aromatic heterocycles. The zero-order chi connectivity index (χ0) is 22.0. The van der Waals surface area contributed by atoms with Gasteiger partial charge in [0.05, 0.1) is 14.2 Å². The van der Waals surface area contributed by atoms with Gasteiger partial charge in [0, 0.05) is 18.7 Å². The second-order valence-electron chi connectivity index (χ2n) is 7.43. The van der Waals surface area contributed by atoms with Crippen molar-refractivity contribution in [3.63, 3.8) is 0 Å². The number of amides is 1. The molecule has 0 saturated carbocycles. The van der Waals surface area contributed by atoms with E-state index >= 15 is 0 Å². The molecule has 160 valence electrons. The maximum absolute atomic E-state index is 13.8. The Morgan fingerprint density at radius 1 is 0.935 bits per heavy atom. The van der Waals surface area contributed by atoms with E-state index in [1.165, 1.54) is 11.3 Å². The Morgan fingerprint density at radius 2 is 1.65 bits per heavy atom. The van der Waals surface area contributed by atoms with E-state index < -0.39 is 0 Å². The van der Waals surface area contributed by atoms with Gasteiger partial charge in [0.25, 0.3) is 5.91 Å². The fourth-order valence-electron chi connectivity index (χ4n) is 3.53. The number of hydrogen-bond acceptors (Lipinski definition) is 6. The van der Waals surface area contributed by atoms with E-state index in [-0.39, 0.29) is 5.91 Å². The molecular formula is C24H25N3O3S. The van der Waals surface area contributed by atoms with Crippen LogP contribution in [0.25, 0.3) is 21.0 Å². The van der Waals surface area contributed by atoms with Crippen molar-refractivity contribution in [2.24, 2.45) is 0 Å². The van der Waals surface area contributed by atoms with Crippen molar-refractivity contribution in [2.45, 2.75) is 0 Å². The lowest BCUT2D eigenvalue weighted by Gasteiger charge is -2.22. The molecule has 0 bridgehead atoms. The van der Waals surface area contributed by atoms with E-state index in [2.05, 4.69) is 4.90 Å². The van der Waals surface area contributed by atoms with E-state index in [9.17, 15) is 4.79 Å². The van der Waals surface area contributed by atoms with Crippen LogP contribution in [0.2, 0.25) is 0 Å². The monoisotopic (exact) mass is 435 g/mol. The Bertz CT molecular complexity index is 1190. The van der Waals surface area contributed by atoms with Gasteiger partial charge in [0.15, 0.2) is 5.13 Å². The summed E-state index contributed by atoms with van der Waals surface area (Å²) in [5.74, 6) is 1.30. The summed E-state index contributed by atoms with van der Waals surface area (Å²) in [6, 6.07) is 17.4. The van der Waals surface area contributed by atoms with E-state index in [4.69, 9.17) is 14.5 Å². The number of anilines is 1. The number of aromatic nitrogens is 1. The Balaban J connectivity index is 1.84. The zero-order valence-corrected chi connectivity index (χ0v) is 18.9. The second-order valence-corrected chi connectivity index (χ2v) is 8.41. The van der Waals surface area contributed by atoms with E-state index in [1.807, 2.05) is 68.7 Å². The molecule has 31 heavy (non-hydrogen) atoms. The fraction of sp³-hybridized carbons (Fsp3) is 0.250. The lowest BCUT2D eigenvalue weighted by atomic mass is 10.0. The fourth-order valence-corrected chi connectivity index (χ4v) is 4.63. The van der Waals surface area contributed by atoms with Crippen molar-refractivity contribution >= 4 is 43.4 Å². The van der Waals surface area contributed by atoms with Crippen molar-refractivity contribution in [1.82, 2.24) is 9.88 Å². The number of carbonyl (C=O) groups is 1. The van der Waals surface area contributed by atoms with Crippen molar-refractivity contribution in [1.29, 1.82) is 0 Å². The normalized spacial score (nSPS) is 11.3. The molecule has 4 rings (SSSR count). The Morgan fingerprint density at radius 3 is 2.39 bits per heavy atom. The Kier molecular flexibility index (Phi) is 6.06. The first-order chi connectivity index (χ1) is 15.0. The lowest BCUT2D eigenvalue weighted by Crippen LogP contribution is -2.36. The zero-order valence-electron chi connectivity index (χ0n) is 18.1. The van der Waals surface area contributed by atoms with Gasteiger partial charge in [0.2, 0.25) is 0 Å². The SMILES string of the molecule is COc1ccc(OC)c2sc(N(CCN(C)C)C(=O)c3cccc4ccccc34)nc12. The molecule has 0 aliphatic carbocycles. The van der Waals surface area contributed by atoms with Crippen LogP contribution >= 0.6 is 11.3 Å². The van der Waals surface area contributed by atoms with Gasteiger partial charge in [-0.05, 0) is 43.1 Å². The molecular weight excluding hydrogens is 410 g/mol. The highest BCUT2D eigenvalue weighted by molar-refractivity contribution is 7.22. The highest BCUT2D eigenvalue weighted by Crippen LogP contribution is 2.40. The van der Waals surface area contributed by atoms with Gasteiger partial charge < -0.3 is 14.4 Å². The van der Waals surface area contributed by atoms with Crippen molar-refractivity contribution in [2.75, 3.05) is 46.3 Å². The highest BCUT2D eigenvalue weighted by Gasteiger charge is 2.24. The van der Waals surface area contributed by atoms with Gasteiger partial charge >= 0.3 is 0 Å². The molecule has 0 spiro atoms. The summed E-state index contributed by atoms with van der Waals surface area (Å²) in [5, 5.41) is 2.59. The first-order valence-corrected chi connectivity index (χ1v) is 10.8. The van der Waals surface area contributed by atoms with Crippen LogP contribution in [0.1, 0.15) is 10.4 Å². The smallest absolute Gasteiger partial charge is 0.260 e. The maximum atomic E-state index is 13.8. The average Bonchev–Trinajstić information content (AvgIpc) is 3.23. The molecule has 0 unspecified atom stereocenters. The Hall–Kier alpha value is -3.16. The molecule has 4 aromatic rings. The number of methoxy groups -OCH3 is 2. The summed E-state index contributed by atoms with van der Waals surface area (Å²) in [6.07, 6.45) is 0. The number of hydrogen-bond donors (Lipinski definition) is 0. The van der Waals surface area contributed by atoms with Gasteiger partial charge in [-0.1, -0.05) is 47.7 Å². The first kappa shape index (κ1) is 21.1. The van der Waals surface area contributed by atoms with Crippen LogP contribution in [-0.4, -0.2) is 57.2 Å². The average molecular weight is 436 g/mol. The van der Waals surface area contributed by atoms with Gasteiger partial charge in [-0.3, -0.25) is 9.69 Å². The van der Waals surface area contributed by atoms with Gasteiger partial charge in [-0.15, -0.1) is 0 Å². The number of benzene rings is 3. The molecule has 0 radical (unpaired) electrons. The summed E-state index contributed by atoms with van der Waals surface area (Å²) in [7, 11) is 7.23. The predicted octanol–water partition coefficient (Wildman–Crippen LogP) is 4.68. The van der Waals surface area contributed by atoms with Crippen LogP contribution in [0.5, 0.6) is 11.5 Å². The molecule has 0 N–H and O–H groups in total. The Labute approximate surface area is 185 Å². The van der Waals surface area contributed by atoms with Gasteiger partial charge in [0.1, 0.15) is 21.7 Å². The van der Waals surface area contributed by atoms with Crippen LogP contribution in [0.3, 0.4) is 0 Å². The lowest BCUT2D eigenvalue weighted by molar-refractivity contribution is 0.0987. The topological polar surface area (TPSA) is 54.9 Å². The summed E-state index contributed by atoms with van der Waals surface area (Å²) in [5.41, 5.74) is 1.36. The number of thiazole rings is 1. The molecule has 0 fully saturated rings. The summed E-state index contributed by atoms with van der Waals surface area (Å²) in [6.45, 7) is 1.22. The van der Waals surface area contributed by atoms with Crippen LogP contribution in [-0.2, 0) is 0 Å². The third-order valence-corrected chi connectivity index (χ3v) is 6.26. The summed E-state index contributed by atoms with van der Waals surface area (Å²) in [4.78, 5) is 22.4. The van der Waals surface area contributed by atoms with E-state index in [0.717, 1.165) is 15.5 Å². The number of nitrogens with zero attached hydrogens (tertiary/aromatic N) is 3. The standard InChI is InChI=1S/C24H25N3O3S/c1-26(2)14-15-27(23(28)18-11-7-9-16-8-5-6-10-17(16)18)24-25-21-19(29-3)12-13-20(30-4)22(21)31-24/h5-13H,14-15H2,1-4H3. The molecule has 6 nitrogen and oxygen atoms in total. The first-order valence-electron chi connectivity index (χ1n) is 9.99. The van der Waals surface area contributed by atoms with Crippen molar-refractivity contribution in [3.05, 3.63) is 60.2 Å². The largest absolute Gasteiger partial charge is 0.495 e. The van der Waals surface area contributed by atoms with Crippen LogP contribution < -0.4 is 14.4 Å². The number of carbonyl (C=O) groups excluding carboxylic acids is 1. The molecule has 0 aliphatic heterocycles. The predicted molar refractivity (Wildman–Crippen MR) is 127 cm³/mol. The minimum Gasteiger partial charge on any atom is -0.495 e. The maximum Gasteiger partial charge on any atom is 0.260 e. The molecule has 7 heteroatoms. The molecule has 0 atom stereocenters.